The summed E-state index contributed by atoms with van der Waals surface area (Å²) in [5.74, 6) is 0. The molecular weight excluding hydrogens is 198 g/mol. The van der Waals surface area contributed by atoms with Gasteiger partial charge in [0.2, 0.25) is 0 Å². The van der Waals surface area contributed by atoms with E-state index >= 15 is 0 Å². The molecule has 2 heteroatoms. The minimum absolute atomic E-state index is 0.969. The maximum Gasteiger partial charge on any atom is 0.114 e. The molecule has 0 saturated heterocycles. The highest BCUT2D eigenvalue weighted by molar-refractivity contribution is 5.95. The molecule has 3 rings (SSSR count). The van der Waals surface area contributed by atoms with Crippen LogP contribution in [0.1, 0.15) is 0 Å². The van der Waals surface area contributed by atoms with E-state index in [1.807, 2.05) is 24.3 Å². The first-order valence-corrected chi connectivity index (χ1v) is 5.20. The van der Waals surface area contributed by atoms with Crippen LogP contribution in [-0.4, -0.2) is 0 Å². The van der Waals surface area contributed by atoms with Gasteiger partial charge in [-0.3, -0.25) is 0 Å². The molecule has 0 unspecified atom stereocenters. The molecule has 2 aromatic carbocycles. The molecule has 0 radical (unpaired) electrons. The normalized spacial score (nSPS) is 10.5. The Morgan fingerprint density at radius 2 is 1.75 bits per heavy atom. The van der Waals surface area contributed by atoms with Crippen LogP contribution in [0.4, 0.5) is 11.4 Å². The smallest absolute Gasteiger partial charge is 0.114 e. The minimum Gasteiger partial charge on any atom is -0.470 e. The van der Waals surface area contributed by atoms with E-state index in [9.17, 15) is 0 Å². The molecule has 0 aliphatic heterocycles. The lowest BCUT2D eigenvalue weighted by atomic mass is 10.1. The van der Waals surface area contributed by atoms with Crippen LogP contribution in [-0.2, 0) is 0 Å². The van der Waals surface area contributed by atoms with Gasteiger partial charge < -0.3 is 9.73 Å². The Hall–Kier alpha value is -2.22. The zero-order chi connectivity index (χ0) is 10.8. The third-order valence-corrected chi connectivity index (χ3v) is 2.59. The summed E-state index contributed by atoms with van der Waals surface area (Å²) in [6.45, 7) is 0. The van der Waals surface area contributed by atoms with Crippen molar-refractivity contribution in [2.75, 3.05) is 5.32 Å². The third-order valence-electron chi connectivity index (χ3n) is 2.59. The molecule has 16 heavy (non-hydrogen) atoms. The molecule has 2 nitrogen and oxygen atoms in total. The van der Waals surface area contributed by atoms with E-state index < -0.39 is 0 Å². The molecule has 78 valence electrons. The number of fused-ring (bicyclic) bond motifs is 1. The van der Waals surface area contributed by atoms with Gasteiger partial charge in [0.25, 0.3) is 0 Å². The largest absolute Gasteiger partial charge is 0.470 e. The van der Waals surface area contributed by atoms with Crippen LogP contribution in [0.15, 0.2) is 65.5 Å². The van der Waals surface area contributed by atoms with Crippen LogP contribution < -0.4 is 5.32 Å². The van der Waals surface area contributed by atoms with Crippen molar-refractivity contribution in [3.8, 4) is 0 Å². The topological polar surface area (TPSA) is 25.2 Å². The van der Waals surface area contributed by atoms with Crippen molar-refractivity contribution < 1.29 is 4.42 Å². The van der Waals surface area contributed by atoms with E-state index in [1.165, 1.54) is 10.8 Å². The molecule has 0 spiro atoms. The predicted molar refractivity (Wildman–Crippen MR) is 65.9 cm³/mol. The molecule has 0 aliphatic carbocycles. The molecule has 1 heterocycles. The SMILES string of the molecule is c1ccc2c(Nc3ccoc3)cccc2c1. The van der Waals surface area contributed by atoms with Gasteiger partial charge in [-0.25, -0.2) is 0 Å². The predicted octanol–water partition coefficient (Wildman–Crippen LogP) is 4.18. The van der Waals surface area contributed by atoms with Crippen LogP contribution >= 0.6 is 0 Å². The Balaban J connectivity index is 2.10. The first kappa shape index (κ1) is 9.04. The van der Waals surface area contributed by atoms with Gasteiger partial charge in [-0.1, -0.05) is 36.4 Å². The number of anilines is 2. The second-order valence-corrected chi connectivity index (χ2v) is 3.66. The first-order chi connectivity index (χ1) is 7.93. The van der Waals surface area contributed by atoms with Crippen molar-refractivity contribution in [3.05, 3.63) is 61.1 Å². The van der Waals surface area contributed by atoms with Crippen LogP contribution in [0.25, 0.3) is 10.8 Å². The van der Waals surface area contributed by atoms with Crippen molar-refractivity contribution in [1.29, 1.82) is 0 Å². The molecule has 0 fully saturated rings. The number of hydrogen-bond donors (Lipinski definition) is 1. The van der Waals surface area contributed by atoms with Gasteiger partial charge in [0.05, 0.1) is 12.0 Å². The van der Waals surface area contributed by atoms with E-state index in [2.05, 4.69) is 29.6 Å². The number of furan rings is 1. The molecule has 0 saturated carbocycles. The summed E-state index contributed by atoms with van der Waals surface area (Å²) in [6, 6.07) is 16.4. The molecule has 0 atom stereocenters. The lowest BCUT2D eigenvalue weighted by Gasteiger charge is -2.07. The molecule has 3 aromatic rings. The Morgan fingerprint density at radius 3 is 2.62 bits per heavy atom. The van der Waals surface area contributed by atoms with Crippen LogP contribution in [0, 0.1) is 0 Å². The lowest BCUT2D eigenvalue weighted by molar-refractivity contribution is 0.568. The van der Waals surface area contributed by atoms with Gasteiger partial charge in [0.15, 0.2) is 0 Å². The zero-order valence-electron chi connectivity index (χ0n) is 8.68. The standard InChI is InChI=1S/C14H11NO/c1-2-6-13-11(4-1)5-3-7-14(13)15-12-8-9-16-10-12/h1-10,15H. The lowest BCUT2D eigenvalue weighted by Crippen LogP contribution is -1.88. The van der Waals surface area contributed by atoms with Gasteiger partial charge in [-0.2, -0.15) is 0 Å². The molecular formula is C14H11NO. The summed E-state index contributed by atoms with van der Waals surface area (Å²) in [7, 11) is 0. The highest BCUT2D eigenvalue weighted by atomic mass is 16.3. The van der Waals surface area contributed by atoms with E-state index in [0.29, 0.717) is 0 Å². The van der Waals surface area contributed by atoms with Gasteiger partial charge in [-0.15, -0.1) is 0 Å². The zero-order valence-corrected chi connectivity index (χ0v) is 8.68. The molecule has 0 amide bonds. The summed E-state index contributed by atoms with van der Waals surface area (Å²) in [5.41, 5.74) is 2.07. The molecule has 1 aromatic heterocycles. The van der Waals surface area contributed by atoms with Crippen molar-refractivity contribution in [3.63, 3.8) is 0 Å². The Kier molecular flexibility index (Phi) is 2.11. The summed E-state index contributed by atoms with van der Waals surface area (Å²) in [4.78, 5) is 0. The highest BCUT2D eigenvalue weighted by Crippen LogP contribution is 2.26. The van der Waals surface area contributed by atoms with Gasteiger partial charge >= 0.3 is 0 Å². The Morgan fingerprint density at radius 1 is 0.875 bits per heavy atom. The Bertz CT molecular complexity index is 594. The minimum atomic E-state index is 0.969. The second-order valence-electron chi connectivity index (χ2n) is 3.66. The molecule has 0 aliphatic rings. The fraction of sp³-hybridized carbons (Fsp3) is 0. The molecule has 0 bridgehead atoms. The summed E-state index contributed by atoms with van der Waals surface area (Å²) >= 11 is 0. The van der Waals surface area contributed by atoms with Crippen molar-refractivity contribution in [1.82, 2.24) is 0 Å². The average molecular weight is 209 g/mol. The van der Waals surface area contributed by atoms with Crippen molar-refractivity contribution in [2.45, 2.75) is 0 Å². The van der Waals surface area contributed by atoms with E-state index in [-0.39, 0.29) is 0 Å². The fourth-order valence-electron chi connectivity index (χ4n) is 1.83. The number of benzene rings is 2. The number of hydrogen-bond acceptors (Lipinski definition) is 2. The van der Waals surface area contributed by atoms with Crippen molar-refractivity contribution >= 4 is 22.1 Å². The Labute approximate surface area is 93.5 Å². The maximum atomic E-state index is 5.04. The first-order valence-electron chi connectivity index (χ1n) is 5.20. The fourth-order valence-corrected chi connectivity index (χ4v) is 1.83. The monoisotopic (exact) mass is 209 g/mol. The summed E-state index contributed by atoms with van der Waals surface area (Å²) < 4.78 is 5.04. The summed E-state index contributed by atoms with van der Waals surface area (Å²) in [5, 5.41) is 5.78. The van der Waals surface area contributed by atoms with E-state index in [0.717, 1.165) is 11.4 Å². The van der Waals surface area contributed by atoms with Crippen LogP contribution in [0.5, 0.6) is 0 Å². The summed E-state index contributed by atoms with van der Waals surface area (Å²) in [6.07, 6.45) is 3.36. The van der Waals surface area contributed by atoms with Crippen LogP contribution in [0.2, 0.25) is 0 Å². The number of rotatable bonds is 2. The van der Waals surface area contributed by atoms with Gasteiger partial charge in [0, 0.05) is 11.1 Å². The quantitative estimate of drug-likeness (QED) is 0.685. The van der Waals surface area contributed by atoms with E-state index in [1.54, 1.807) is 12.5 Å². The molecule has 1 N–H and O–H groups in total. The van der Waals surface area contributed by atoms with Crippen molar-refractivity contribution in [2.24, 2.45) is 0 Å². The van der Waals surface area contributed by atoms with Crippen LogP contribution in [0.3, 0.4) is 0 Å². The maximum absolute atomic E-state index is 5.04. The second kappa shape index (κ2) is 3.74. The van der Waals surface area contributed by atoms with Gasteiger partial charge in [0.1, 0.15) is 6.26 Å². The van der Waals surface area contributed by atoms with E-state index in [4.69, 9.17) is 4.42 Å². The highest BCUT2D eigenvalue weighted by Gasteiger charge is 2.00. The number of nitrogens with one attached hydrogen (secondary N) is 1. The average Bonchev–Trinajstić information content (AvgIpc) is 2.82. The van der Waals surface area contributed by atoms with Gasteiger partial charge in [-0.05, 0) is 17.5 Å². The third kappa shape index (κ3) is 1.54.